The van der Waals surface area contributed by atoms with E-state index in [-0.39, 0.29) is 5.91 Å². The van der Waals surface area contributed by atoms with Gasteiger partial charge in [0, 0.05) is 11.8 Å². The molecule has 1 N–H and O–H groups in total. The molecular formula is C15H12ClN5O. The van der Waals surface area contributed by atoms with Crippen LogP contribution in [0.1, 0.15) is 15.9 Å². The van der Waals surface area contributed by atoms with Crippen molar-refractivity contribution in [3.8, 4) is 5.82 Å². The van der Waals surface area contributed by atoms with Gasteiger partial charge in [-0.15, -0.1) is 0 Å². The standard InChI is InChI=1S/C15H12ClN5O/c1-10-2-3-13(12(16)6-10)20-15(22)11-4-5-18-14(7-11)21-9-17-8-19-21/h2-9H,1H3,(H,20,22). The first-order valence-corrected chi connectivity index (χ1v) is 6.90. The van der Waals surface area contributed by atoms with Crippen LogP contribution in [0.15, 0.2) is 49.2 Å². The fourth-order valence-corrected chi connectivity index (χ4v) is 2.21. The highest BCUT2D eigenvalue weighted by molar-refractivity contribution is 6.34. The van der Waals surface area contributed by atoms with Crippen molar-refractivity contribution in [2.75, 3.05) is 5.32 Å². The molecule has 7 heteroatoms. The zero-order valence-electron chi connectivity index (χ0n) is 11.7. The van der Waals surface area contributed by atoms with E-state index in [1.54, 1.807) is 30.5 Å². The van der Waals surface area contributed by atoms with Crippen LogP contribution in [0.25, 0.3) is 5.82 Å². The lowest BCUT2D eigenvalue weighted by atomic mass is 10.2. The molecule has 0 unspecified atom stereocenters. The number of rotatable bonds is 3. The smallest absolute Gasteiger partial charge is 0.255 e. The highest BCUT2D eigenvalue weighted by Gasteiger charge is 2.10. The molecule has 0 radical (unpaired) electrons. The molecule has 2 aromatic heterocycles. The first kappa shape index (κ1) is 14.2. The van der Waals surface area contributed by atoms with Crippen LogP contribution in [0.3, 0.4) is 0 Å². The van der Waals surface area contributed by atoms with E-state index in [1.165, 1.54) is 17.3 Å². The number of pyridine rings is 1. The Bertz CT molecular complexity index is 817. The van der Waals surface area contributed by atoms with Crippen molar-refractivity contribution < 1.29 is 4.79 Å². The van der Waals surface area contributed by atoms with Crippen LogP contribution in [-0.2, 0) is 0 Å². The molecular weight excluding hydrogens is 302 g/mol. The summed E-state index contributed by atoms with van der Waals surface area (Å²) in [5.41, 5.74) is 2.05. The predicted octanol–water partition coefficient (Wildman–Crippen LogP) is 2.88. The van der Waals surface area contributed by atoms with Gasteiger partial charge in [0.05, 0.1) is 10.7 Å². The van der Waals surface area contributed by atoms with E-state index in [1.807, 2.05) is 13.0 Å². The molecule has 0 saturated carbocycles. The molecule has 3 rings (SSSR count). The number of aryl methyl sites for hydroxylation is 1. The van der Waals surface area contributed by atoms with Gasteiger partial charge in [0.1, 0.15) is 12.7 Å². The summed E-state index contributed by atoms with van der Waals surface area (Å²) in [5, 5.41) is 7.27. The molecule has 0 aliphatic heterocycles. The van der Waals surface area contributed by atoms with Crippen molar-refractivity contribution >= 4 is 23.2 Å². The van der Waals surface area contributed by atoms with Gasteiger partial charge < -0.3 is 5.32 Å². The Morgan fingerprint density at radius 3 is 2.86 bits per heavy atom. The van der Waals surface area contributed by atoms with Gasteiger partial charge in [-0.05, 0) is 36.8 Å². The summed E-state index contributed by atoms with van der Waals surface area (Å²) >= 11 is 6.12. The Morgan fingerprint density at radius 1 is 1.27 bits per heavy atom. The first-order valence-electron chi connectivity index (χ1n) is 6.52. The van der Waals surface area contributed by atoms with E-state index < -0.39 is 0 Å². The van der Waals surface area contributed by atoms with E-state index in [2.05, 4.69) is 20.4 Å². The Morgan fingerprint density at radius 2 is 2.14 bits per heavy atom. The Labute approximate surface area is 131 Å². The van der Waals surface area contributed by atoms with Gasteiger partial charge in [-0.2, -0.15) is 5.10 Å². The maximum atomic E-state index is 12.3. The number of carbonyl (C=O) groups is 1. The zero-order chi connectivity index (χ0) is 15.5. The average molecular weight is 314 g/mol. The van der Waals surface area contributed by atoms with Gasteiger partial charge in [0.15, 0.2) is 5.82 Å². The average Bonchev–Trinajstić information content (AvgIpc) is 3.04. The second-order valence-corrected chi connectivity index (χ2v) is 5.09. The SMILES string of the molecule is Cc1ccc(NC(=O)c2ccnc(-n3cncn3)c2)c(Cl)c1. The topological polar surface area (TPSA) is 72.7 Å². The summed E-state index contributed by atoms with van der Waals surface area (Å²) in [4.78, 5) is 20.3. The van der Waals surface area contributed by atoms with Gasteiger partial charge in [-0.3, -0.25) is 4.79 Å². The van der Waals surface area contributed by atoms with Crippen LogP contribution in [0.2, 0.25) is 5.02 Å². The second kappa shape index (κ2) is 5.95. The summed E-state index contributed by atoms with van der Waals surface area (Å²) in [6, 6.07) is 8.71. The van der Waals surface area contributed by atoms with Gasteiger partial charge >= 0.3 is 0 Å². The number of benzene rings is 1. The first-order chi connectivity index (χ1) is 10.6. The molecule has 110 valence electrons. The summed E-state index contributed by atoms with van der Waals surface area (Å²) in [5.74, 6) is 0.245. The Hall–Kier alpha value is -2.73. The number of carbonyl (C=O) groups excluding carboxylic acids is 1. The number of hydrogen-bond acceptors (Lipinski definition) is 4. The summed E-state index contributed by atoms with van der Waals surface area (Å²) in [6.07, 6.45) is 4.46. The molecule has 0 spiro atoms. The second-order valence-electron chi connectivity index (χ2n) is 4.68. The molecule has 0 aliphatic rings. The van der Waals surface area contributed by atoms with Crippen molar-refractivity contribution in [2.45, 2.75) is 6.92 Å². The monoisotopic (exact) mass is 313 g/mol. The Balaban J connectivity index is 1.85. The van der Waals surface area contributed by atoms with Crippen LogP contribution in [0.5, 0.6) is 0 Å². The van der Waals surface area contributed by atoms with Crippen molar-refractivity contribution in [1.82, 2.24) is 19.7 Å². The summed E-state index contributed by atoms with van der Waals surface area (Å²) in [6.45, 7) is 1.94. The number of halogens is 1. The maximum Gasteiger partial charge on any atom is 0.255 e. The van der Waals surface area contributed by atoms with Crippen molar-refractivity contribution in [3.05, 3.63) is 65.3 Å². The van der Waals surface area contributed by atoms with Crippen LogP contribution in [0, 0.1) is 6.92 Å². The quantitative estimate of drug-likeness (QED) is 0.807. The molecule has 0 saturated heterocycles. The zero-order valence-corrected chi connectivity index (χ0v) is 12.4. The van der Waals surface area contributed by atoms with E-state index in [0.717, 1.165) is 5.56 Å². The number of nitrogens with zero attached hydrogens (tertiary/aromatic N) is 4. The normalized spacial score (nSPS) is 10.5. The summed E-state index contributed by atoms with van der Waals surface area (Å²) in [7, 11) is 0. The number of amides is 1. The van der Waals surface area contributed by atoms with Crippen LogP contribution >= 0.6 is 11.6 Å². The summed E-state index contributed by atoms with van der Waals surface area (Å²) < 4.78 is 1.48. The third kappa shape index (κ3) is 2.96. The number of aromatic nitrogens is 4. The third-order valence-corrected chi connectivity index (χ3v) is 3.35. The number of anilines is 1. The highest BCUT2D eigenvalue weighted by Crippen LogP contribution is 2.23. The minimum absolute atomic E-state index is 0.269. The lowest BCUT2D eigenvalue weighted by Gasteiger charge is -2.08. The fourth-order valence-electron chi connectivity index (χ4n) is 1.93. The molecule has 2 heterocycles. The Kier molecular flexibility index (Phi) is 3.84. The highest BCUT2D eigenvalue weighted by atomic mass is 35.5. The molecule has 0 atom stereocenters. The number of hydrogen-bond donors (Lipinski definition) is 1. The van der Waals surface area contributed by atoms with E-state index >= 15 is 0 Å². The lowest BCUT2D eigenvalue weighted by Crippen LogP contribution is -2.13. The fraction of sp³-hybridized carbons (Fsp3) is 0.0667. The molecule has 0 bridgehead atoms. The third-order valence-electron chi connectivity index (χ3n) is 3.03. The van der Waals surface area contributed by atoms with Gasteiger partial charge in [-0.1, -0.05) is 17.7 Å². The van der Waals surface area contributed by atoms with E-state index in [0.29, 0.717) is 22.1 Å². The lowest BCUT2D eigenvalue weighted by molar-refractivity contribution is 0.102. The van der Waals surface area contributed by atoms with Crippen molar-refractivity contribution in [3.63, 3.8) is 0 Å². The molecule has 22 heavy (non-hydrogen) atoms. The molecule has 3 aromatic rings. The maximum absolute atomic E-state index is 12.3. The van der Waals surface area contributed by atoms with Crippen molar-refractivity contribution in [2.24, 2.45) is 0 Å². The van der Waals surface area contributed by atoms with Gasteiger partial charge in [-0.25, -0.2) is 14.6 Å². The molecule has 6 nitrogen and oxygen atoms in total. The minimum atomic E-state index is -0.269. The van der Waals surface area contributed by atoms with E-state index in [4.69, 9.17) is 11.6 Å². The van der Waals surface area contributed by atoms with Crippen LogP contribution in [-0.4, -0.2) is 25.7 Å². The van der Waals surface area contributed by atoms with Crippen LogP contribution in [0.4, 0.5) is 5.69 Å². The number of nitrogens with one attached hydrogen (secondary N) is 1. The largest absolute Gasteiger partial charge is 0.321 e. The van der Waals surface area contributed by atoms with Gasteiger partial charge in [0.2, 0.25) is 0 Å². The molecule has 0 aliphatic carbocycles. The van der Waals surface area contributed by atoms with Gasteiger partial charge in [0.25, 0.3) is 5.91 Å². The van der Waals surface area contributed by atoms with E-state index in [9.17, 15) is 4.79 Å². The predicted molar refractivity (Wildman–Crippen MR) is 83.3 cm³/mol. The molecule has 1 aromatic carbocycles. The molecule has 0 fully saturated rings. The minimum Gasteiger partial charge on any atom is -0.321 e. The molecule has 1 amide bonds. The van der Waals surface area contributed by atoms with Crippen LogP contribution < -0.4 is 5.32 Å². The van der Waals surface area contributed by atoms with Crippen molar-refractivity contribution in [1.29, 1.82) is 0 Å².